The fraction of sp³-hybridized carbons (Fsp3) is 0. The molecular weight excluding hydrogens is 254 g/mol. The molecule has 0 spiro atoms. The van der Waals surface area contributed by atoms with Gasteiger partial charge < -0.3 is 12.4 Å². The van der Waals surface area contributed by atoms with Gasteiger partial charge in [0.25, 0.3) is 0 Å². The van der Waals surface area contributed by atoms with Crippen LogP contribution < -0.4 is 0 Å². The Kier molecular flexibility index (Phi) is 2.96. The van der Waals surface area contributed by atoms with Gasteiger partial charge in [0.1, 0.15) is 11.2 Å². The molecule has 4 bridgehead atoms. The Morgan fingerprint density at radius 1 is 0.588 bits per heavy atom. The number of hydrogen-bond donors (Lipinski definition) is 0. The van der Waals surface area contributed by atoms with Crippen molar-refractivity contribution in [2.75, 3.05) is 0 Å². The SMILES string of the molecule is c1cc2ccc1o[pH]o[pH]oc1ccc2cc1. The lowest BCUT2D eigenvalue weighted by molar-refractivity contribution is 0.656. The first-order valence-corrected chi connectivity index (χ1v) is 6.75. The van der Waals surface area contributed by atoms with Gasteiger partial charge in [-0.2, -0.15) is 0 Å². The summed E-state index contributed by atoms with van der Waals surface area (Å²) in [6, 6.07) is 15.9. The Morgan fingerprint density at radius 3 is 1.41 bits per heavy atom. The zero-order valence-corrected chi connectivity index (χ0v) is 10.8. The van der Waals surface area contributed by atoms with Gasteiger partial charge in [0.2, 0.25) is 17.3 Å². The predicted molar refractivity (Wildman–Crippen MR) is 72.5 cm³/mol. The van der Waals surface area contributed by atoms with Crippen molar-refractivity contribution in [1.29, 1.82) is 0 Å². The van der Waals surface area contributed by atoms with Crippen LogP contribution in [0.15, 0.2) is 60.9 Å². The Morgan fingerprint density at radius 2 is 1.00 bits per heavy atom. The molecule has 6 rings (SSSR count). The normalized spacial score (nSPS) is 11.3. The van der Waals surface area contributed by atoms with Gasteiger partial charge >= 0.3 is 0 Å². The summed E-state index contributed by atoms with van der Waals surface area (Å²) in [7, 11) is -0.0763. The molecule has 0 amide bonds. The van der Waals surface area contributed by atoms with E-state index in [1.165, 1.54) is 0 Å². The van der Waals surface area contributed by atoms with Gasteiger partial charge in [-0.05, 0) is 35.0 Å². The van der Waals surface area contributed by atoms with Crippen LogP contribution in [0.5, 0.6) is 0 Å². The van der Waals surface area contributed by atoms with Crippen molar-refractivity contribution >= 4 is 39.3 Å². The maximum Gasteiger partial charge on any atom is 0.207 e. The van der Waals surface area contributed by atoms with Crippen molar-refractivity contribution in [2.24, 2.45) is 0 Å². The highest BCUT2D eigenvalue weighted by Gasteiger charge is 1.90. The quantitative estimate of drug-likeness (QED) is 0.568. The average Bonchev–Trinajstić information content (AvgIpc) is 2.43. The average molecular weight is 264 g/mol. The minimum absolute atomic E-state index is 0.0381. The molecule has 4 heterocycles. The van der Waals surface area contributed by atoms with Crippen LogP contribution >= 0.6 is 17.3 Å². The molecular formula is C12H10O3P2. The summed E-state index contributed by atoms with van der Waals surface area (Å²) < 4.78 is 16.1. The monoisotopic (exact) mass is 264 g/mol. The van der Waals surface area contributed by atoms with Gasteiger partial charge in [0, 0.05) is 0 Å². The van der Waals surface area contributed by atoms with Crippen molar-refractivity contribution in [3.05, 3.63) is 48.5 Å². The van der Waals surface area contributed by atoms with Crippen LogP contribution in [0.3, 0.4) is 0 Å². The molecule has 0 saturated heterocycles. The molecule has 86 valence electrons. The van der Waals surface area contributed by atoms with E-state index in [0.717, 1.165) is 21.9 Å². The molecule has 0 N–H and O–H groups in total. The highest BCUT2D eigenvalue weighted by atomic mass is 31.1. The second-order valence-electron chi connectivity index (χ2n) is 3.52. The standard InChI is InChI=1S/C12H10O3P2/c1-5-11-6-2-9(1)10-3-7-12(8-4-10)14-17-15-16-13-11/h1-8,16-17H. The highest BCUT2D eigenvalue weighted by Crippen LogP contribution is 2.18. The second kappa shape index (κ2) is 4.75. The Labute approximate surface area is 101 Å². The number of hydrogen-bond acceptors (Lipinski definition) is 3. The molecule has 2 unspecified atom stereocenters. The molecule has 0 aliphatic carbocycles. The van der Waals surface area contributed by atoms with Crippen LogP contribution in [0.1, 0.15) is 0 Å². The van der Waals surface area contributed by atoms with Gasteiger partial charge in [-0.25, -0.2) is 0 Å². The first-order chi connectivity index (χ1) is 8.42. The third kappa shape index (κ3) is 2.41. The molecule has 2 atom stereocenters. The van der Waals surface area contributed by atoms with E-state index in [2.05, 4.69) is 0 Å². The number of benzene rings is 2. The molecule has 3 nitrogen and oxygen atoms in total. The summed E-state index contributed by atoms with van der Waals surface area (Å²) in [6.07, 6.45) is 0. The van der Waals surface area contributed by atoms with Crippen molar-refractivity contribution in [1.82, 2.24) is 0 Å². The van der Waals surface area contributed by atoms with Crippen LogP contribution in [0, 0.1) is 0 Å². The first-order valence-electron chi connectivity index (χ1n) is 5.12. The summed E-state index contributed by atoms with van der Waals surface area (Å²) in [5.41, 5.74) is 1.62. The van der Waals surface area contributed by atoms with Gasteiger partial charge in [-0.3, -0.25) is 0 Å². The summed E-state index contributed by atoms with van der Waals surface area (Å²) in [6.45, 7) is 0. The maximum atomic E-state index is 5.44. The van der Waals surface area contributed by atoms with Crippen molar-refractivity contribution in [2.45, 2.75) is 0 Å². The molecule has 0 aliphatic heterocycles. The minimum atomic E-state index is -0.0381. The van der Waals surface area contributed by atoms with E-state index in [1.807, 2.05) is 48.5 Å². The van der Waals surface area contributed by atoms with Crippen LogP contribution in [-0.2, 0) is 0 Å². The topological polar surface area (TPSA) is 39.4 Å². The van der Waals surface area contributed by atoms with Crippen LogP contribution in [-0.4, -0.2) is 0 Å². The molecule has 0 radical (unpaired) electrons. The van der Waals surface area contributed by atoms with Crippen LogP contribution in [0.2, 0.25) is 0 Å². The first kappa shape index (κ1) is 10.6. The smallest absolute Gasteiger partial charge is 0.207 e. The summed E-state index contributed by atoms with van der Waals surface area (Å²) in [4.78, 5) is 0. The third-order valence-corrected chi connectivity index (χ3v) is 3.75. The Bertz CT molecular complexity index is 621. The predicted octanol–water partition coefficient (Wildman–Crippen LogP) is 5.08. The van der Waals surface area contributed by atoms with E-state index in [9.17, 15) is 0 Å². The van der Waals surface area contributed by atoms with Gasteiger partial charge in [0.05, 0.1) is 0 Å². The van der Waals surface area contributed by atoms with Crippen LogP contribution in [0.25, 0.3) is 21.9 Å². The number of rotatable bonds is 0. The molecule has 17 heavy (non-hydrogen) atoms. The summed E-state index contributed by atoms with van der Waals surface area (Å²) >= 11 is 0. The molecule has 6 aromatic rings. The highest BCUT2D eigenvalue weighted by molar-refractivity contribution is 7.25. The van der Waals surface area contributed by atoms with E-state index in [1.54, 1.807) is 0 Å². The second-order valence-corrected chi connectivity index (χ2v) is 5.08. The van der Waals surface area contributed by atoms with E-state index < -0.39 is 0 Å². The minimum Gasteiger partial charge on any atom is -0.422 e. The van der Waals surface area contributed by atoms with E-state index in [-0.39, 0.29) is 17.3 Å². The molecule has 0 aliphatic rings. The van der Waals surface area contributed by atoms with Crippen molar-refractivity contribution in [3.8, 4) is 0 Å². The van der Waals surface area contributed by atoms with E-state index in [0.29, 0.717) is 0 Å². The fourth-order valence-electron chi connectivity index (χ4n) is 1.59. The molecule has 5 heteroatoms. The summed E-state index contributed by atoms with van der Waals surface area (Å²) in [5.74, 6) is 0. The molecule has 0 fully saturated rings. The van der Waals surface area contributed by atoms with E-state index in [4.69, 9.17) is 12.4 Å². The lowest BCUT2D eigenvalue weighted by Gasteiger charge is -1.92. The van der Waals surface area contributed by atoms with Crippen molar-refractivity contribution < 1.29 is 12.4 Å². The third-order valence-electron chi connectivity index (χ3n) is 2.44. The van der Waals surface area contributed by atoms with Gasteiger partial charge in [-0.15, -0.1) is 0 Å². The largest absolute Gasteiger partial charge is 0.422 e. The van der Waals surface area contributed by atoms with Gasteiger partial charge in [0.15, 0.2) is 0 Å². The molecule has 4 aromatic heterocycles. The maximum absolute atomic E-state index is 5.44. The van der Waals surface area contributed by atoms with E-state index >= 15 is 0 Å². The molecule has 0 saturated carbocycles. The Hall–Kier alpha value is -1.56. The Balaban J connectivity index is 2.44. The zero-order valence-electron chi connectivity index (χ0n) is 8.84. The van der Waals surface area contributed by atoms with Crippen LogP contribution in [0.4, 0.5) is 0 Å². The fourth-order valence-corrected chi connectivity index (χ4v) is 2.52. The lowest BCUT2D eigenvalue weighted by Crippen LogP contribution is -1.68. The lowest BCUT2D eigenvalue weighted by atomic mass is 10.1. The van der Waals surface area contributed by atoms with Gasteiger partial charge in [-0.1, -0.05) is 24.3 Å². The molecule has 2 aromatic carbocycles. The summed E-state index contributed by atoms with van der Waals surface area (Å²) in [5, 5.41) is 2.32. The van der Waals surface area contributed by atoms with Crippen molar-refractivity contribution in [3.63, 3.8) is 0 Å². The zero-order chi connectivity index (χ0) is 11.5.